The van der Waals surface area contributed by atoms with Crippen molar-refractivity contribution in [3.8, 4) is 0 Å². The zero-order valence-electron chi connectivity index (χ0n) is 8.19. The first kappa shape index (κ1) is 12.4. The molecule has 1 heterocycles. The van der Waals surface area contributed by atoms with Crippen molar-refractivity contribution in [2.75, 3.05) is 6.61 Å². The molecule has 0 aliphatic rings. The van der Waals surface area contributed by atoms with Gasteiger partial charge < -0.3 is 14.9 Å². The van der Waals surface area contributed by atoms with E-state index in [9.17, 15) is 23.3 Å². The van der Waals surface area contributed by atoms with Gasteiger partial charge in [0.1, 0.15) is 6.61 Å². The third kappa shape index (κ3) is 3.50. The summed E-state index contributed by atoms with van der Waals surface area (Å²) >= 11 is 0. The van der Waals surface area contributed by atoms with E-state index < -0.39 is 23.5 Å². The highest BCUT2D eigenvalue weighted by Gasteiger charge is 2.28. The van der Waals surface area contributed by atoms with Crippen molar-refractivity contribution in [1.29, 1.82) is 0 Å². The second-order valence-corrected chi connectivity index (χ2v) is 2.98. The lowest BCUT2D eigenvalue weighted by atomic mass is 10.4. The lowest BCUT2D eigenvalue weighted by Gasteiger charge is -2.06. The second kappa shape index (κ2) is 4.47. The van der Waals surface area contributed by atoms with Gasteiger partial charge >= 0.3 is 12.0 Å². The van der Waals surface area contributed by atoms with Crippen LogP contribution in [-0.2, 0) is 18.4 Å². The van der Waals surface area contributed by atoms with Crippen LogP contribution in [0.5, 0.6) is 0 Å². The van der Waals surface area contributed by atoms with Crippen LogP contribution in [0.3, 0.4) is 0 Å². The molecule has 90 valence electrons. The fraction of sp³-hybridized carbons (Fsp3) is 0.571. The number of aromatic nitrogens is 2. The van der Waals surface area contributed by atoms with E-state index >= 15 is 0 Å². The normalized spacial score (nSPS) is 11.8. The number of hydrogen-bond donors (Lipinski definition) is 0. The number of hydrogen-bond acceptors (Lipinski definition) is 4. The highest BCUT2D eigenvalue weighted by molar-refractivity contribution is 5.21. The molecular formula is C7H8F3N3O3. The molecule has 9 heteroatoms. The summed E-state index contributed by atoms with van der Waals surface area (Å²) in [6.45, 7) is -1.77. The van der Waals surface area contributed by atoms with Gasteiger partial charge in [0.25, 0.3) is 0 Å². The topological polar surface area (TPSA) is 70.2 Å². The largest absolute Gasteiger partial charge is 0.411 e. The molecule has 0 atom stereocenters. The van der Waals surface area contributed by atoms with Crippen LogP contribution in [0.1, 0.15) is 5.69 Å². The van der Waals surface area contributed by atoms with Gasteiger partial charge in [0.2, 0.25) is 0 Å². The molecule has 0 unspecified atom stereocenters. The molecule has 0 saturated carbocycles. The summed E-state index contributed by atoms with van der Waals surface area (Å²) in [5.74, 6) is -0.423. The van der Waals surface area contributed by atoms with Crippen molar-refractivity contribution in [3.05, 3.63) is 21.9 Å². The van der Waals surface area contributed by atoms with E-state index in [1.165, 1.54) is 7.05 Å². The number of rotatable bonds is 4. The Kier molecular flexibility index (Phi) is 3.48. The van der Waals surface area contributed by atoms with E-state index in [4.69, 9.17) is 0 Å². The summed E-state index contributed by atoms with van der Waals surface area (Å²) in [5, 5.41) is 13.8. The van der Waals surface area contributed by atoms with E-state index in [1.807, 2.05) is 0 Å². The first-order valence-corrected chi connectivity index (χ1v) is 4.11. The van der Waals surface area contributed by atoms with Gasteiger partial charge in [0.15, 0.2) is 0 Å². The van der Waals surface area contributed by atoms with Crippen LogP contribution in [0.25, 0.3) is 0 Å². The summed E-state index contributed by atoms with van der Waals surface area (Å²) in [6, 6.07) is 1.07. The minimum atomic E-state index is -4.41. The molecule has 6 nitrogen and oxygen atoms in total. The number of halogens is 3. The Hall–Kier alpha value is -1.64. The molecule has 0 spiro atoms. The van der Waals surface area contributed by atoms with Crippen LogP contribution in [0.4, 0.5) is 19.0 Å². The Balaban J connectivity index is 2.58. The molecule has 0 N–H and O–H groups in total. The number of nitro groups is 1. The van der Waals surface area contributed by atoms with Crippen molar-refractivity contribution < 1.29 is 22.8 Å². The number of aryl methyl sites for hydroxylation is 1. The highest BCUT2D eigenvalue weighted by atomic mass is 19.4. The molecule has 0 aliphatic heterocycles. The molecule has 0 saturated heterocycles. The predicted molar refractivity (Wildman–Crippen MR) is 45.6 cm³/mol. The van der Waals surface area contributed by atoms with Crippen molar-refractivity contribution in [3.63, 3.8) is 0 Å². The van der Waals surface area contributed by atoms with E-state index in [-0.39, 0.29) is 12.3 Å². The lowest BCUT2D eigenvalue weighted by molar-refractivity contribution is -0.389. The maximum absolute atomic E-state index is 11.7. The van der Waals surface area contributed by atoms with Crippen molar-refractivity contribution in [2.24, 2.45) is 7.05 Å². The predicted octanol–water partition coefficient (Wildman–Crippen LogP) is 1.41. The third-order valence-electron chi connectivity index (χ3n) is 1.67. The summed E-state index contributed by atoms with van der Waals surface area (Å²) < 4.78 is 40.7. The Bertz CT molecular complexity index is 388. The first-order valence-electron chi connectivity index (χ1n) is 4.11. The zero-order valence-corrected chi connectivity index (χ0v) is 8.19. The van der Waals surface area contributed by atoms with E-state index in [0.29, 0.717) is 0 Å². The second-order valence-electron chi connectivity index (χ2n) is 2.98. The minimum Gasteiger partial charge on any atom is -0.366 e. The van der Waals surface area contributed by atoms with Crippen LogP contribution < -0.4 is 0 Å². The Labute approximate surface area is 87.8 Å². The van der Waals surface area contributed by atoms with Gasteiger partial charge in [0, 0.05) is 0 Å². The Morgan fingerprint density at radius 3 is 2.69 bits per heavy atom. The van der Waals surface area contributed by atoms with Crippen LogP contribution in [0.15, 0.2) is 6.07 Å². The Morgan fingerprint density at radius 1 is 1.62 bits per heavy atom. The average Bonchev–Trinajstić information content (AvgIpc) is 2.46. The fourth-order valence-electron chi connectivity index (χ4n) is 0.985. The average molecular weight is 239 g/mol. The summed E-state index contributed by atoms with van der Waals surface area (Å²) in [4.78, 5) is 9.58. The van der Waals surface area contributed by atoms with E-state index in [2.05, 4.69) is 9.84 Å². The number of alkyl halides is 3. The van der Waals surface area contributed by atoms with Gasteiger partial charge in [-0.1, -0.05) is 0 Å². The van der Waals surface area contributed by atoms with Gasteiger partial charge in [-0.05, 0) is 4.92 Å². The van der Waals surface area contributed by atoms with Crippen LogP contribution in [0, 0.1) is 10.1 Å². The first-order chi connectivity index (χ1) is 7.29. The molecule has 0 aliphatic carbocycles. The number of nitrogens with zero attached hydrogens (tertiary/aromatic N) is 3. The van der Waals surface area contributed by atoms with Crippen molar-refractivity contribution in [2.45, 2.75) is 12.8 Å². The van der Waals surface area contributed by atoms with E-state index in [1.54, 1.807) is 0 Å². The SMILES string of the molecule is Cn1nc([N+](=O)[O-])cc1COCC(F)(F)F. The molecule has 0 fully saturated rings. The molecule has 1 aromatic rings. The molecule has 0 bridgehead atoms. The van der Waals surface area contributed by atoms with Gasteiger partial charge in [-0.25, -0.2) is 0 Å². The van der Waals surface area contributed by atoms with Gasteiger partial charge in [0.05, 0.1) is 30.5 Å². The molecular weight excluding hydrogens is 231 g/mol. The maximum atomic E-state index is 11.7. The number of ether oxygens (including phenoxy) is 1. The van der Waals surface area contributed by atoms with Crippen molar-refractivity contribution >= 4 is 5.82 Å². The van der Waals surface area contributed by atoms with Crippen LogP contribution in [-0.4, -0.2) is 27.5 Å². The quantitative estimate of drug-likeness (QED) is 0.588. The standard InChI is InChI=1S/C7H8F3N3O3/c1-12-5(2-6(11-12)13(14)15)3-16-4-7(8,9)10/h2H,3-4H2,1H3. The van der Waals surface area contributed by atoms with Crippen LogP contribution in [0.2, 0.25) is 0 Å². The molecule has 0 radical (unpaired) electrons. The molecule has 0 amide bonds. The smallest absolute Gasteiger partial charge is 0.366 e. The molecule has 1 aromatic heterocycles. The molecule has 1 rings (SSSR count). The maximum Gasteiger partial charge on any atom is 0.411 e. The minimum absolute atomic E-state index is 0.205. The van der Waals surface area contributed by atoms with E-state index in [0.717, 1.165) is 10.7 Å². The summed E-state index contributed by atoms with van der Waals surface area (Å²) in [6.07, 6.45) is -4.41. The summed E-state index contributed by atoms with van der Waals surface area (Å²) in [7, 11) is 1.39. The Morgan fingerprint density at radius 2 is 2.25 bits per heavy atom. The zero-order chi connectivity index (χ0) is 12.3. The molecule has 0 aromatic carbocycles. The highest BCUT2D eigenvalue weighted by Crippen LogP contribution is 2.16. The monoisotopic (exact) mass is 239 g/mol. The van der Waals surface area contributed by atoms with Gasteiger partial charge in [-0.15, -0.1) is 0 Å². The van der Waals surface area contributed by atoms with Crippen LogP contribution >= 0.6 is 0 Å². The van der Waals surface area contributed by atoms with Gasteiger partial charge in [-0.2, -0.15) is 17.9 Å². The lowest BCUT2D eigenvalue weighted by Crippen LogP contribution is -2.17. The third-order valence-corrected chi connectivity index (χ3v) is 1.67. The fourth-order valence-corrected chi connectivity index (χ4v) is 0.985. The summed E-state index contributed by atoms with van der Waals surface area (Å²) in [5.41, 5.74) is 0.205. The van der Waals surface area contributed by atoms with Gasteiger partial charge in [-0.3, -0.25) is 0 Å². The van der Waals surface area contributed by atoms with Crippen molar-refractivity contribution in [1.82, 2.24) is 9.78 Å². The molecule has 16 heavy (non-hydrogen) atoms.